The van der Waals surface area contributed by atoms with Crippen LogP contribution in [0.5, 0.6) is 0 Å². The van der Waals surface area contributed by atoms with E-state index in [0.717, 1.165) is 6.42 Å². The molecule has 176 valence electrons. The van der Waals surface area contributed by atoms with Gasteiger partial charge in [-0.15, -0.1) is 0 Å². The van der Waals surface area contributed by atoms with Gasteiger partial charge in [0.2, 0.25) is 0 Å². The fourth-order valence-corrected chi connectivity index (χ4v) is 5.36. The second-order valence-corrected chi connectivity index (χ2v) is 12.2. The topological polar surface area (TPSA) is 0 Å². The van der Waals surface area contributed by atoms with Crippen molar-refractivity contribution < 1.29 is 0 Å². The Morgan fingerprint density at radius 3 is 1.25 bits per heavy atom. The van der Waals surface area contributed by atoms with Gasteiger partial charge in [-0.05, 0) is 146 Å². The number of benzene rings is 2. The predicted octanol–water partition coefficient (Wildman–Crippen LogP) is 9.43. The maximum Gasteiger partial charge on any atom is -0.00497 e. The van der Waals surface area contributed by atoms with E-state index in [1.807, 2.05) is 0 Å². The van der Waals surface area contributed by atoms with Gasteiger partial charge < -0.3 is 0 Å². The lowest BCUT2D eigenvalue weighted by Gasteiger charge is -2.28. The van der Waals surface area contributed by atoms with Crippen LogP contribution < -0.4 is 0 Å². The van der Waals surface area contributed by atoms with Gasteiger partial charge in [0.05, 0.1) is 0 Å². The van der Waals surface area contributed by atoms with Crippen LogP contribution in [0.4, 0.5) is 0 Å². The van der Waals surface area contributed by atoms with Crippen LogP contribution in [-0.2, 0) is 11.8 Å². The molecular weight excluding hydrogens is 384 g/mol. The van der Waals surface area contributed by atoms with Gasteiger partial charge in [-0.2, -0.15) is 0 Å². The molecule has 0 heteroatoms. The number of hydrogen-bond donors (Lipinski definition) is 0. The highest BCUT2D eigenvalue weighted by Gasteiger charge is 2.26. The minimum absolute atomic E-state index is 0.247. The van der Waals surface area contributed by atoms with Crippen LogP contribution in [0.25, 0.3) is 6.08 Å². The molecule has 2 aromatic carbocycles. The number of rotatable bonds is 0. The average molecular weight is 433 g/mol. The molecule has 0 bridgehead atoms. The highest BCUT2D eigenvalue weighted by molar-refractivity contribution is 5.71. The molecule has 0 amide bonds. The largest absolute Gasteiger partial charge is 0.0598 e. The SMILES string of the molecule is Cc1c(C)c(C)c(C(C)(C)C)c(C)c1C.Cc1c(C)c(C)c2c(c1C)C=C(C(C)(C)C)C2. The van der Waals surface area contributed by atoms with Crippen molar-refractivity contribution in [1.29, 1.82) is 0 Å². The Kier molecular flexibility index (Phi) is 7.31. The summed E-state index contributed by atoms with van der Waals surface area (Å²) >= 11 is 0. The number of fused-ring (bicyclic) bond motifs is 1. The minimum Gasteiger partial charge on any atom is -0.0598 e. The third kappa shape index (κ3) is 4.75. The molecule has 0 N–H and O–H groups in total. The summed E-state index contributed by atoms with van der Waals surface area (Å²) in [6, 6.07) is 0. The van der Waals surface area contributed by atoms with Gasteiger partial charge in [0.1, 0.15) is 0 Å². The summed E-state index contributed by atoms with van der Waals surface area (Å²) in [7, 11) is 0. The van der Waals surface area contributed by atoms with Crippen molar-refractivity contribution in [2.24, 2.45) is 5.41 Å². The van der Waals surface area contributed by atoms with Crippen molar-refractivity contribution in [2.45, 2.75) is 116 Å². The monoisotopic (exact) mass is 432 g/mol. The Morgan fingerprint density at radius 2 is 0.844 bits per heavy atom. The van der Waals surface area contributed by atoms with Crippen molar-refractivity contribution in [2.75, 3.05) is 0 Å². The van der Waals surface area contributed by atoms with Crippen molar-refractivity contribution in [3.05, 3.63) is 72.3 Å². The van der Waals surface area contributed by atoms with E-state index in [1.165, 1.54) is 61.2 Å². The third-order valence-electron chi connectivity index (χ3n) is 8.27. The van der Waals surface area contributed by atoms with Crippen LogP contribution in [0.3, 0.4) is 0 Å². The molecule has 0 spiro atoms. The van der Waals surface area contributed by atoms with Crippen molar-refractivity contribution >= 4 is 6.08 Å². The van der Waals surface area contributed by atoms with Crippen LogP contribution in [0, 0.1) is 67.7 Å². The molecular formula is C32H48. The van der Waals surface area contributed by atoms with Gasteiger partial charge in [0.15, 0.2) is 0 Å². The quantitative estimate of drug-likeness (QED) is 0.389. The lowest BCUT2D eigenvalue weighted by Crippen LogP contribution is -2.17. The van der Waals surface area contributed by atoms with E-state index in [2.05, 4.69) is 110 Å². The van der Waals surface area contributed by atoms with Crippen molar-refractivity contribution in [1.82, 2.24) is 0 Å². The lowest BCUT2D eigenvalue weighted by molar-refractivity contribution is 0.498. The van der Waals surface area contributed by atoms with Crippen LogP contribution >= 0.6 is 0 Å². The molecule has 1 aliphatic carbocycles. The van der Waals surface area contributed by atoms with Gasteiger partial charge in [0.25, 0.3) is 0 Å². The Balaban J connectivity index is 0.000000229. The molecule has 1 aliphatic rings. The fourth-order valence-electron chi connectivity index (χ4n) is 5.36. The van der Waals surface area contributed by atoms with E-state index in [0.29, 0.717) is 5.41 Å². The van der Waals surface area contributed by atoms with Crippen LogP contribution in [0.2, 0.25) is 0 Å². The van der Waals surface area contributed by atoms with Crippen LogP contribution in [0.1, 0.15) is 108 Å². The predicted molar refractivity (Wildman–Crippen MR) is 145 cm³/mol. The zero-order chi connectivity index (χ0) is 24.9. The molecule has 2 aromatic rings. The van der Waals surface area contributed by atoms with E-state index in [4.69, 9.17) is 0 Å². The first-order valence-electron chi connectivity index (χ1n) is 12.3. The Hall–Kier alpha value is -1.82. The van der Waals surface area contributed by atoms with Crippen molar-refractivity contribution in [3.8, 4) is 0 Å². The third-order valence-corrected chi connectivity index (χ3v) is 8.27. The van der Waals surface area contributed by atoms with Crippen LogP contribution in [-0.4, -0.2) is 0 Å². The van der Waals surface area contributed by atoms with Gasteiger partial charge in [-0.3, -0.25) is 0 Å². The zero-order valence-electron chi connectivity index (χ0n) is 23.8. The summed E-state index contributed by atoms with van der Waals surface area (Å²) < 4.78 is 0. The molecule has 0 saturated heterocycles. The molecule has 0 unspecified atom stereocenters. The first-order chi connectivity index (χ1) is 14.4. The average Bonchev–Trinajstić information content (AvgIpc) is 3.13. The molecule has 0 fully saturated rings. The molecule has 0 atom stereocenters. The number of hydrogen-bond acceptors (Lipinski definition) is 0. The second kappa shape index (κ2) is 8.85. The van der Waals surface area contributed by atoms with E-state index >= 15 is 0 Å². The summed E-state index contributed by atoms with van der Waals surface area (Å²) in [5.41, 5.74) is 19.9. The molecule has 32 heavy (non-hydrogen) atoms. The van der Waals surface area contributed by atoms with Gasteiger partial charge in [-0.25, -0.2) is 0 Å². The van der Waals surface area contributed by atoms with Gasteiger partial charge >= 0.3 is 0 Å². The highest BCUT2D eigenvalue weighted by atomic mass is 14.3. The van der Waals surface area contributed by atoms with Gasteiger partial charge in [0, 0.05) is 0 Å². The lowest BCUT2D eigenvalue weighted by atomic mass is 9.77. The van der Waals surface area contributed by atoms with E-state index in [1.54, 1.807) is 11.1 Å². The summed E-state index contributed by atoms with van der Waals surface area (Å²) in [5, 5.41) is 0. The van der Waals surface area contributed by atoms with E-state index < -0.39 is 0 Å². The minimum atomic E-state index is 0.247. The molecule has 0 aliphatic heterocycles. The summed E-state index contributed by atoms with van der Waals surface area (Å²) in [5.74, 6) is 0. The smallest absolute Gasteiger partial charge is 0.00497 e. The van der Waals surface area contributed by atoms with E-state index in [-0.39, 0.29) is 5.41 Å². The maximum absolute atomic E-state index is 2.43. The standard InChI is InChI=1S/C17H24.C15H24/c1-10-11(2)13(4)16-9-14(17(5,6)7)8-15(16)12(10)3;1-9-10(2)12(4)14(15(6,7)8)13(5)11(9)3/h8H,9H2,1-7H3;1-8H3. The van der Waals surface area contributed by atoms with E-state index in [9.17, 15) is 0 Å². The fraction of sp³-hybridized carbons (Fsp3) is 0.562. The first kappa shape index (κ1) is 26.4. The summed E-state index contributed by atoms with van der Waals surface area (Å²) in [4.78, 5) is 0. The molecule has 0 heterocycles. The molecule has 0 aromatic heterocycles. The van der Waals surface area contributed by atoms with Gasteiger partial charge in [-0.1, -0.05) is 53.2 Å². The normalized spacial score (nSPS) is 13.5. The Labute approximate surface area is 199 Å². The second-order valence-electron chi connectivity index (χ2n) is 12.2. The zero-order valence-corrected chi connectivity index (χ0v) is 23.8. The highest BCUT2D eigenvalue weighted by Crippen LogP contribution is 2.41. The Morgan fingerprint density at radius 1 is 0.469 bits per heavy atom. The molecule has 3 rings (SSSR count). The maximum atomic E-state index is 2.43. The van der Waals surface area contributed by atoms with Crippen LogP contribution in [0.15, 0.2) is 5.57 Å². The molecule has 0 nitrogen and oxygen atoms in total. The first-order valence-corrected chi connectivity index (χ1v) is 12.3. The number of allylic oxidation sites excluding steroid dienone is 1. The van der Waals surface area contributed by atoms with Crippen molar-refractivity contribution in [3.63, 3.8) is 0 Å². The molecule has 0 radical (unpaired) electrons. The summed E-state index contributed by atoms with van der Waals surface area (Å²) in [6.45, 7) is 34.1. The Bertz CT molecular complexity index is 1040. The molecule has 0 saturated carbocycles. The summed E-state index contributed by atoms with van der Waals surface area (Å²) in [6.07, 6.45) is 3.58.